The van der Waals surface area contributed by atoms with Crippen LogP contribution in [0.15, 0.2) is 40.5 Å². The standard InChI is InChI=1S/C13H12N4OS2/c1-17-7-10(15-16-17)13(18)14-12(9-4-6-19-8-9)11-3-2-5-20-11/h2-8,12H,1H3,(H,14,18). The number of rotatable bonds is 4. The van der Waals surface area contributed by atoms with E-state index in [-0.39, 0.29) is 11.9 Å². The van der Waals surface area contributed by atoms with Gasteiger partial charge < -0.3 is 5.32 Å². The second-order valence-corrected chi connectivity index (χ2v) is 6.02. The fourth-order valence-corrected chi connectivity index (χ4v) is 3.36. The molecule has 5 nitrogen and oxygen atoms in total. The molecule has 0 aliphatic rings. The highest BCUT2D eigenvalue weighted by molar-refractivity contribution is 7.10. The van der Waals surface area contributed by atoms with Gasteiger partial charge in [0.05, 0.1) is 12.2 Å². The lowest BCUT2D eigenvalue weighted by Gasteiger charge is -2.15. The zero-order chi connectivity index (χ0) is 13.9. The molecule has 7 heteroatoms. The van der Waals surface area contributed by atoms with Crippen LogP contribution in [0, 0.1) is 0 Å². The summed E-state index contributed by atoms with van der Waals surface area (Å²) >= 11 is 3.23. The van der Waals surface area contributed by atoms with Crippen LogP contribution in [0.25, 0.3) is 0 Å². The van der Waals surface area contributed by atoms with Crippen LogP contribution in [-0.4, -0.2) is 20.9 Å². The predicted octanol–water partition coefficient (Wildman–Crippen LogP) is 2.46. The molecule has 3 heterocycles. The van der Waals surface area contributed by atoms with Gasteiger partial charge in [-0.25, -0.2) is 0 Å². The van der Waals surface area contributed by atoms with E-state index in [0.29, 0.717) is 5.69 Å². The van der Waals surface area contributed by atoms with Crippen molar-refractivity contribution in [2.24, 2.45) is 7.05 Å². The summed E-state index contributed by atoms with van der Waals surface area (Å²) in [7, 11) is 1.74. The highest BCUT2D eigenvalue weighted by Crippen LogP contribution is 2.27. The maximum Gasteiger partial charge on any atom is 0.274 e. The van der Waals surface area contributed by atoms with E-state index in [1.807, 2.05) is 34.3 Å². The Morgan fingerprint density at radius 2 is 2.30 bits per heavy atom. The molecule has 0 aliphatic carbocycles. The fourth-order valence-electron chi connectivity index (χ4n) is 1.87. The third-order valence-corrected chi connectivity index (χ3v) is 4.45. The van der Waals surface area contributed by atoms with E-state index in [9.17, 15) is 4.79 Å². The highest BCUT2D eigenvalue weighted by Gasteiger charge is 2.20. The Labute approximate surface area is 123 Å². The van der Waals surface area contributed by atoms with Gasteiger partial charge >= 0.3 is 0 Å². The van der Waals surface area contributed by atoms with Gasteiger partial charge in [0.1, 0.15) is 0 Å². The molecule has 0 saturated carbocycles. The minimum absolute atomic E-state index is 0.143. The molecule has 102 valence electrons. The molecule has 1 unspecified atom stereocenters. The maximum absolute atomic E-state index is 12.2. The average Bonchev–Trinajstić information content (AvgIpc) is 3.17. The average molecular weight is 304 g/mol. The summed E-state index contributed by atoms with van der Waals surface area (Å²) in [6, 6.07) is 5.87. The van der Waals surface area contributed by atoms with Gasteiger partial charge in [0.15, 0.2) is 5.69 Å². The molecule has 1 atom stereocenters. The van der Waals surface area contributed by atoms with Crippen molar-refractivity contribution in [1.82, 2.24) is 20.3 Å². The van der Waals surface area contributed by atoms with Crippen LogP contribution in [0.2, 0.25) is 0 Å². The Morgan fingerprint density at radius 1 is 1.40 bits per heavy atom. The van der Waals surface area contributed by atoms with Crippen LogP contribution in [0.1, 0.15) is 27.0 Å². The van der Waals surface area contributed by atoms with Gasteiger partial charge in [0, 0.05) is 11.9 Å². The van der Waals surface area contributed by atoms with E-state index in [1.165, 1.54) is 4.68 Å². The quantitative estimate of drug-likeness (QED) is 0.805. The Kier molecular flexibility index (Phi) is 3.62. The summed E-state index contributed by atoms with van der Waals surface area (Å²) in [4.78, 5) is 13.3. The second-order valence-electron chi connectivity index (χ2n) is 4.26. The monoisotopic (exact) mass is 304 g/mol. The molecule has 0 bridgehead atoms. The summed E-state index contributed by atoms with van der Waals surface area (Å²) < 4.78 is 1.51. The number of amides is 1. The number of carbonyl (C=O) groups excluding carboxylic acids is 1. The largest absolute Gasteiger partial charge is 0.339 e. The van der Waals surface area contributed by atoms with E-state index in [1.54, 1.807) is 35.9 Å². The molecule has 0 saturated heterocycles. The van der Waals surface area contributed by atoms with Crippen molar-refractivity contribution in [3.8, 4) is 0 Å². The van der Waals surface area contributed by atoms with E-state index in [2.05, 4.69) is 15.6 Å². The highest BCUT2D eigenvalue weighted by atomic mass is 32.1. The molecule has 3 rings (SSSR count). The zero-order valence-electron chi connectivity index (χ0n) is 10.7. The lowest BCUT2D eigenvalue weighted by atomic mass is 10.1. The first-order chi connectivity index (χ1) is 9.74. The number of carbonyl (C=O) groups is 1. The van der Waals surface area contributed by atoms with E-state index in [4.69, 9.17) is 0 Å². The lowest BCUT2D eigenvalue weighted by Crippen LogP contribution is -2.28. The van der Waals surface area contributed by atoms with Gasteiger partial charge in [-0.1, -0.05) is 11.3 Å². The van der Waals surface area contributed by atoms with Gasteiger partial charge in [-0.2, -0.15) is 11.3 Å². The zero-order valence-corrected chi connectivity index (χ0v) is 12.3. The van der Waals surface area contributed by atoms with Crippen molar-refractivity contribution < 1.29 is 4.79 Å². The van der Waals surface area contributed by atoms with Gasteiger partial charge in [-0.05, 0) is 33.8 Å². The van der Waals surface area contributed by atoms with Gasteiger partial charge in [0.25, 0.3) is 5.91 Å². The molecule has 1 amide bonds. The van der Waals surface area contributed by atoms with Crippen molar-refractivity contribution in [1.29, 1.82) is 0 Å². The van der Waals surface area contributed by atoms with Crippen LogP contribution in [-0.2, 0) is 7.05 Å². The molecule has 20 heavy (non-hydrogen) atoms. The first-order valence-corrected chi connectivity index (χ1v) is 7.79. The Morgan fingerprint density at radius 3 is 2.90 bits per heavy atom. The van der Waals surface area contributed by atoms with Gasteiger partial charge in [-0.15, -0.1) is 16.4 Å². The molecule has 1 N–H and O–H groups in total. The van der Waals surface area contributed by atoms with Crippen LogP contribution in [0.3, 0.4) is 0 Å². The molecular formula is C13H12N4OS2. The first kappa shape index (κ1) is 13.0. The number of nitrogens with one attached hydrogen (secondary N) is 1. The number of hydrogen-bond acceptors (Lipinski definition) is 5. The molecule has 0 aromatic carbocycles. The first-order valence-electron chi connectivity index (χ1n) is 5.97. The van der Waals surface area contributed by atoms with Crippen molar-refractivity contribution in [3.63, 3.8) is 0 Å². The van der Waals surface area contributed by atoms with Crippen molar-refractivity contribution >= 4 is 28.6 Å². The van der Waals surface area contributed by atoms with Gasteiger partial charge in [0.2, 0.25) is 0 Å². The predicted molar refractivity (Wildman–Crippen MR) is 79.0 cm³/mol. The second kappa shape index (κ2) is 5.56. The molecule has 0 radical (unpaired) electrons. The van der Waals surface area contributed by atoms with E-state index in [0.717, 1.165) is 10.4 Å². The van der Waals surface area contributed by atoms with Gasteiger partial charge in [-0.3, -0.25) is 9.48 Å². The molecule has 0 spiro atoms. The lowest BCUT2D eigenvalue weighted by molar-refractivity contribution is 0.0938. The maximum atomic E-state index is 12.2. The Balaban J connectivity index is 1.86. The summed E-state index contributed by atoms with van der Waals surface area (Å²) in [6.07, 6.45) is 1.61. The molecular weight excluding hydrogens is 292 g/mol. The smallest absolute Gasteiger partial charge is 0.274 e. The van der Waals surface area contributed by atoms with Crippen LogP contribution < -0.4 is 5.32 Å². The summed E-state index contributed by atoms with van der Waals surface area (Å²) in [6.45, 7) is 0. The SMILES string of the molecule is Cn1cc(C(=O)NC(c2ccsc2)c2cccs2)nn1. The minimum atomic E-state index is -0.220. The van der Waals surface area contributed by atoms with Crippen molar-refractivity contribution in [2.75, 3.05) is 0 Å². The Hall–Kier alpha value is -1.99. The number of aryl methyl sites for hydroxylation is 1. The van der Waals surface area contributed by atoms with Crippen molar-refractivity contribution in [3.05, 3.63) is 56.7 Å². The van der Waals surface area contributed by atoms with Crippen LogP contribution in [0.4, 0.5) is 0 Å². The Bertz CT molecular complexity index is 654. The molecule has 3 aromatic rings. The van der Waals surface area contributed by atoms with Crippen molar-refractivity contribution in [2.45, 2.75) is 6.04 Å². The third kappa shape index (κ3) is 2.63. The normalized spacial score (nSPS) is 12.2. The number of hydrogen-bond donors (Lipinski definition) is 1. The molecule has 0 fully saturated rings. The van der Waals surface area contributed by atoms with Crippen LogP contribution >= 0.6 is 22.7 Å². The third-order valence-electron chi connectivity index (χ3n) is 2.81. The van der Waals surface area contributed by atoms with E-state index < -0.39 is 0 Å². The number of thiophene rings is 2. The topological polar surface area (TPSA) is 59.8 Å². The number of aromatic nitrogens is 3. The fraction of sp³-hybridized carbons (Fsp3) is 0.154. The van der Waals surface area contributed by atoms with E-state index >= 15 is 0 Å². The summed E-state index contributed by atoms with van der Waals surface area (Å²) in [5, 5.41) is 16.7. The van der Waals surface area contributed by atoms with Crippen LogP contribution in [0.5, 0.6) is 0 Å². The number of nitrogens with zero attached hydrogens (tertiary/aromatic N) is 3. The molecule has 0 aliphatic heterocycles. The summed E-state index contributed by atoms with van der Waals surface area (Å²) in [5.74, 6) is -0.220. The minimum Gasteiger partial charge on any atom is -0.339 e. The summed E-state index contributed by atoms with van der Waals surface area (Å²) in [5.41, 5.74) is 1.40. The molecule has 3 aromatic heterocycles.